The molecule has 0 radical (unpaired) electrons. The molecule has 0 saturated heterocycles. The molecule has 2 heterocycles. The van der Waals surface area contributed by atoms with Crippen molar-refractivity contribution in [3.63, 3.8) is 0 Å². The number of amides is 1. The Morgan fingerprint density at radius 1 is 1.14 bits per heavy atom. The predicted molar refractivity (Wildman–Crippen MR) is 86.8 cm³/mol. The second-order valence-electron chi connectivity index (χ2n) is 4.82. The van der Waals surface area contributed by atoms with E-state index >= 15 is 0 Å². The monoisotopic (exact) mass is 309 g/mol. The first-order chi connectivity index (χ1) is 10.8. The molecule has 2 aromatic heterocycles. The van der Waals surface area contributed by atoms with Gasteiger partial charge in [0.2, 0.25) is 0 Å². The van der Waals surface area contributed by atoms with Crippen LogP contribution in [0.15, 0.2) is 60.2 Å². The van der Waals surface area contributed by atoms with Crippen LogP contribution in [0.1, 0.15) is 26.6 Å². The van der Waals surface area contributed by atoms with Crippen LogP contribution >= 0.6 is 11.3 Å². The number of aromatic nitrogens is 2. The van der Waals surface area contributed by atoms with E-state index in [1.54, 1.807) is 35.9 Å². The number of carbonyl (C=O) groups excluding carboxylic acids is 1. The standard InChI is InChI=1S/C17H15N3OS/c21-17(14-7-4-8-18-10-14)19-11-15-12-22-16(20-15)9-13-5-2-1-3-6-13/h1-8,10,12H,9,11H2,(H,19,21). The fraction of sp³-hybridized carbons (Fsp3) is 0.118. The molecule has 0 saturated carbocycles. The van der Waals surface area contributed by atoms with Crippen LogP contribution in [0, 0.1) is 0 Å². The van der Waals surface area contributed by atoms with Crippen LogP contribution in [-0.4, -0.2) is 15.9 Å². The second kappa shape index (κ2) is 6.95. The van der Waals surface area contributed by atoms with Crippen LogP contribution in [0.5, 0.6) is 0 Å². The van der Waals surface area contributed by atoms with E-state index in [4.69, 9.17) is 0 Å². The van der Waals surface area contributed by atoms with Crippen molar-refractivity contribution < 1.29 is 4.79 Å². The molecule has 1 N–H and O–H groups in total. The first-order valence-electron chi connectivity index (χ1n) is 6.97. The Kier molecular flexibility index (Phi) is 4.56. The highest BCUT2D eigenvalue weighted by Gasteiger charge is 2.07. The maximum Gasteiger partial charge on any atom is 0.253 e. The summed E-state index contributed by atoms with van der Waals surface area (Å²) in [6.07, 6.45) is 4.02. The Bertz CT molecular complexity index is 741. The highest BCUT2D eigenvalue weighted by molar-refractivity contribution is 7.09. The van der Waals surface area contributed by atoms with E-state index < -0.39 is 0 Å². The zero-order valence-corrected chi connectivity index (χ0v) is 12.7. The molecular formula is C17H15N3OS. The van der Waals surface area contributed by atoms with Crippen LogP contribution in [-0.2, 0) is 13.0 Å². The van der Waals surface area contributed by atoms with E-state index in [9.17, 15) is 4.79 Å². The van der Waals surface area contributed by atoms with E-state index in [0.29, 0.717) is 12.1 Å². The average molecular weight is 309 g/mol. The van der Waals surface area contributed by atoms with Crippen LogP contribution < -0.4 is 5.32 Å². The van der Waals surface area contributed by atoms with Crippen molar-refractivity contribution >= 4 is 17.2 Å². The van der Waals surface area contributed by atoms with Gasteiger partial charge in [-0.3, -0.25) is 9.78 Å². The lowest BCUT2D eigenvalue weighted by molar-refractivity contribution is 0.0950. The molecule has 0 fully saturated rings. The Morgan fingerprint density at radius 3 is 2.77 bits per heavy atom. The molecule has 4 nitrogen and oxygen atoms in total. The van der Waals surface area contributed by atoms with E-state index in [-0.39, 0.29) is 5.91 Å². The smallest absolute Gasteiger partial charge is 0.253 e. The van der Waals surface area contributed by atoms with E-state index in [1.807, 2.05) is 23.6 Å². The average Bonchev–Trinajstić information content (AvgIpc) is 3.02. The van der Waals surface area contributed by atoms with E-state index in [1.165, 1.54) is 5.56 Å². The summed E-state index contributed by atoms with van der Waals surface area (Å²) in [4.78, 5) is 20.4. The fourth-order valence-electron chi connectivity index (χ4n) is 2.05. The van der Waals surface area contributed by atoms with Gasteiger partial charge in [-0.25, -0.2) is 4.98 Å². The molecule has 0 spiro atoms. The van der Waals surface area contributed by atoms with Crippen LogP contribution in [0.2, 0.25) is 0 Å². The second-order valence-corrected chi connectivity index (χ2v) is 5.76. The molecule has 5 heteroatoms. The van der Waals surface area contributed by atoms with Crippen LogP contribution in [0.4, 0.5) is 0 Å². The van der Waals surface area contributed by atoms with Gasteiger partial charge in [-0.15, -0.1) is 11.3 Å². The van der Waals surface area contributed by atoms with Crippen LogP contribution in [0.3, 0.4) is 0 Å². The lowest BCUT2D eigenvalue weighted by atomic mass is 10.2. The normalized spacial score (nSPS) is 10.4. The number of nitrogens with one attached hydrogen (secondary N) is 1. The maximum atomic E-state index is 11.9. The third kappa shape index (κ3) is 3.77. The minimum atomic E-state index is -0.134. The molecule has 3 rings (SSSR count). The van der Waals surface area contributed by atoms with Gasteiger partial charge in [0, 0.05) is 24.2 Å². The molecule has 0 atom stereocenters. The lowest BCUT2D eigenvalue weighted by Gasteiger charge is -2.02. The SMILES string of the molecule is O=C(NCc1csc(Cc2ccccc2)n1)c1cccnc1. The maximum absolute atomic E-state index is 11.9. The number of hydrogen-bond acceptors (Lipinski definition) is 4. The van der Waals surface area contributed by atoms with Crippen molar-refractivity contribution in [2.75, 3.05) is 0 Å². The molecule has 0 bridgehead atoms. The topological polar surface area (TPSA) is 54.9 Å². The molecule has 0 aliphatic carbocycles. The first kappa shape index (κ1) is 14.4. The minimum absolute atomic E-state index is 0.134. The lowest BCUT2D eigenvalue weighted by Crippen LogP contribution is -2.23. The summed E-state index contributed by atoms with van der Waals surface area (Å²) in [5, 5.41) is 5.90. The van der Waals surface area contributed by atoms with Gasteiger partial charge in [-0.2, -0.15) is 0 Å². The molecule has 0 aliphatic rings. The quantitative estimate of drug-likeness (QED) is 0.788. The summed E-state index contributed by atoms with van der Waals surface area (Å²) in [7, 11) is 0. The largest absolute Gasteiger partial charge is 0.346 e. The van der Waals surface area contributed by atoms with Gasteiger partial charge in [0.05, 0.1) is 22.8 Å². The molecule has 0 unspecified atom stereocenters. The van der Waals surface area contributed by atoms with Crippen molar-refractivity contribution in [2.24, 2.45) is 0 Å². The number of pyridine rings is 1. The third-order valence-corrected chi connectivity index (χ3v) is 4.05. The zero-order chi connectivity index (χ0) is 15.2. The van der Waals surface area contributed by atoms with Gasteiger partial charge in [0.15, 0.2) is 0 Å². The summed E-state index contributed by atoms with van der Waals surface area (Å²) >= 11 is 1.62. The fourth-order valence-corrected chi connectivity index (χ4v) is 2.88. The molecular weight excluding hydrogens is 294 g/mol. The molecule has 1 amide bonds. The van der Waals surface area contributed by atoms with Crippen molar-refractivity contribution in [3.05, 3.63) is 82.1 Å². The number of nitrogens with zero attached hydrogens (tertiary/aromatic N) is 2. The van der Waals surface area contributed by atoms with Gasteiger partial charge in [-0.1, -0.05) is 30.3 Å². The van der Waals surface area contributed by atoms with E-state index in [0.717, 1.165) is 17.1 Å². The van der Waals surface area contributed by atoms with Crippen molar-refractivity contribution in [2.45, 2.75) is 13.0 Å². The number of carbonyl (C=O) groups is 1. The summed E-state index contributed by atoms with van der Waals surface area (Å²) < 4.78 is 0. The first-order valence-corrected chi connectivity index (χ1v) is 7.84. The number of thiazole rings is 1. The highest BCUT2D eigenvalue weighted by atomic mass is 32.1. The molecule has 22 heavy (non-hydrogen) atoms. The van der Waals surface area contributed by atoms with Crippen LogP contribution in [0.25, 0.3) is 0 Å². The molecule has 110 valence electrons. The Morgan fingerprint density at radius 2 is 2.00 bits per heavy atom. The minimum Gasteiger partial charge on any atom is -0.346 e. The Labute approximate surface area is 132 Å². The summed E-state index contributed by atoms with van der Waals surface area (Å²) in [6.45, 7) is 0.430. The highest BCUT2D eigenvalue weighted by Crippen LogP contribution is 2.14. The van der Waals surface area contributed by atoms with Gasteiger partial charge < -0.3 is 5.32 Å². The van der Waals surface area contributed by atoms with Crippen molar-refractivity contribution in [1.29, 1.82) is 0 Å². The van der Waals surface area contributed by atoms with Crippen molar-refractivity contribution in [3.8, 4) is 0 Å². The summed E-state index contributed by atoms with van der Waals surface area (Å²) in [6, 6.07) is 13.7. The molecule has 0 aliphatic heterocycles. The van der Waals surface area contributed by atoms with Crippen molar-refractivity contribution in [1.82, 2.24) is 15.3 Å². The summed E-state index contributed by atoms with van der Waals surface area (Å²) in [5.74, 6) is -0.134. The van der Waals surface area contributed by atoms with Gasteiger partial charge in [0.1, 0.15) is 0 Å². The van der Waals surface area contributed by atoms with Gasteiger partial charge >= 0.3 is 0 Å². The number of hydrogen-bond donors (Lipinski definition) is 1. The molecule has 3 aromatic rings. The zero-order valence-electron chi connectivity index (χ0n) is 11.9. The summed E-state index contributed by atoms with van der Waals surface area (Å²) in [5.41, 5.74) is 2.68. The third-order valence-electron chi connectivity index (χ3n) is 3.15. The predicted octanol–water partition coefficient (Wildman–Crippen LogP) is 3.06. The van der Waals surface area contributed by atoms with E-state index in [2.05, 4.69) is 27.4 Å². The molecule has 1 aromatic carbocycles. The van der Waals surface area contributed by atoms with Gasteiger partial charge in [0.25, 0.3) is 5.91 Å². The van der Waals surface area contributed by atoms with Gasteiger partial charge in [-0.05, 0) is 17.7 Å². The number of benzene rings is 1. The Hall–Kier alpha value is -2.53. The Balaban J connectivity index is 1.57. The number of rotatable bonds is 5.